The predicted octanol–water partition coefficient (Wildman–Crippen LogP) is 2.54. The quantitative estimate of drug-likeness (QED) is 0.941. The van der Waals surface area contributed by atoms with Crippen LogP contribution in [0.15, 0.2) is 29.6 Å². The Morgan fingerprint density at radius 2 is 2.25 bits per heavy atom. The number of nitrogens with two attached hydrogens (primary N) is 1. The Labute approximate surface area is 123 Å². The Morgan fingerprint density at radius 1 is 1.50 bits per heavy atom. The van der Waals surface area contributed by atoms with E-state index < -0.39 is 0 Å². The van der Waals surface area contributed by atoms with E-state index in [0.717, 1.165) is 16.3 Å². The molecule has 2 rings (SSSR count). The van der Waals surface area contributed by atoms with Crippen LogP contribution in [0.2, 0.25) is 0 Å². The van der Waals surface area contributed by atoms with Crippen LogP contribution in [0.5, 0.6) is 0 Å². The van der Waals surface area contributed by atoms with E-state index in [4.69, 9.17) is 5.73 Å². The monoisotopic (exact) mass is 289 g/mol. The normalized spacial score (nSPS) is 12.2. The molecular formula is C15H19N3OS. The first-order chi connectivity index (χ1) is 9.52. The van der Waals surface area contributed by atoms with Crippen LogP contribution in [0.3, 0.4) is 0 Å². The van der Waals surface area contributed by atoms with Gasteiger partial charge < -0.3 is 10.6 Å². The van der Waals surface area contributed by atoms with Gasteiger partial charge in [-0.15, -0.1) is 11.3 Å². The molecule has 1 amide bonds. The molecule has 1 atom stereocenters. The second-order valence-electron chi connectivity index (χ2n) is 4.88. The number of rotatable bonds is 4. The SMILES string of the molecule is Cc1csc(-c2cccc(C(=O)N(C)C(C)CN)c2)n1. The molecule has 0 aliphatic rings. The Morgan fingerprint density at radius 3 is 2.85 bits per heavy atom. The second-order valence-corrected chi connectivity index (χ2v) is 5.73. The first kappa shape index (κ1) is 14.7. The number of amides is 1. The van der Waals surface area contributed by atoms with E-state index in [0.29, 0.717) is 12.1 Å². The van der Waals surface area contributed by atoms with Crippen molar-refractivity contribution >= 4 is 17.2 Å². The van der Waals surface area contributed by atoms with Crippen LogP contribution in [0.1, 0.15) is 23.0 Å². The van der Waals surface area contributed by atoms with Gasteiger partial charge in [-0.3, -0.25) is 4.79 Å². The average Bonchev–Trinajstić information content (AvgIpc) is 2.91. The highest BCUT2D eigenvalue weighted by molar-refractivity contribution is 7.13. The first-order valence-corrected chi connectivity index (χ1v) is 7.40. The first-order valence-electron chi connectivity index (χ1n) is 6.52. The lowest BCUT2D eigenvalue weighted by molar-refractivity contribution is 0.0748. The summed E-state index contributed by atoms with van der Waals surface area (Å²) in [4.78, 5) is 18.5. The highest BCUT2D eigenvalue weighted by Crippen LogP contribution is 2.24. The zero-order valence-electron chi connectivity index (χ0n) is 12.0. The van der Waals surface area contributed by atoms with Crippen molar-refractivity contribution in [3.05, 3.63) is 40.9 Å². The van der Waals surface area contributed by atoms with Gasteiger partial charge in [-0.1, -0.05) is 12.1 Å². The highest BCUT2D eigenvalue weighted by Gasteiger charge is 2.17. The number of carbonyl (C=O) groups is 1. The molecule has 0 spiro atoms. The van der Waals surface area contributed by atoms with Crippen molar-refractivity contribution in [2.24, 2.45) is 5.73 Å². The van der Waals surface area contributed by atoms with Crippen molar-refractivity contribution < 1.29 is 4.79 Å². The molecule has 0 fully saturated rings. The van der Waals surface area contributed by atoms with Crippen molar-refractivity contribution in [2.45, 2.75) is 19.9 Å². The number of aromatic nitrogens is 1. The van der Waals surface area contributed by atoms with Crippen LogP contribution in [-0.2, 0) is 0 Å². The van der Waals surface area contributed by atoms with Gasteiger partial charge in [0.25, 0.3) is 5.91 Å². The topological polar surface area (TPSA) is 59.2 Å². The molecule has 0 saturated carbocycles. The summed E-state index contributed by atoms with van der Waals surface area (Å²) in [7, 11) is 1.78. The lowest BCUT2D eigenvalue weighted by Crippen LogP contribution is -2.39. The van der Waals surface area contributed by atoms with Crippen molar-refractivity contribution in [1.82, 2.24) is 9.88 Å². The van der Waals surface area contributed by atoms with Crippen molar-refractivity contribution in [2.75, 3.05) is 13.6 Å². The van der Waals surface area contributed by atoms with E-state index in [1.807, 2.05) is 43.5 Å². The summed E-state index contributed by atoms with van der Waals surface area (Å²) < 4.78 is 0. The fourth-order valence-electron chi connectivity index (χ4n) is 1.83. The Kier molecular flexibility index (Phi) is 4.52. The maximum atomic E-state index is 12.4. The van der Waals surface area contributed by atoms with Crippen molar-refractivity contribution in [3.8, 4) is 10.6 Å². The Bertz CT molecular complexity index is 609. The Balaban J connectivity index is 2.28. The van der Waals surface area contributed by atoms with Crippen molar-refractivity contribution in [1.29, 1.82) is 0 Å². The standard InChI is InChI=1S/C15H19N3OS/c1-10-9-20-14(17-10)12-5-4-6-13(7-12)15(19)18(3)11(2)8-16/h4-7,9,11H,8,16H2,1-3H3. The third kappa shape index (κ3) is 3.05. The predicted molar refractivity (Wildman–Crippen MR) is 82.9 cm³/mol. The fourth-order valence-corrected chi connectivity index (χ4v) is 2.63. The third-order valence-electron chi connectivity index (χ3n) is 3.30. The maximum absolute atomic E-state index is 12.4. The van der Waals surface area contributed by atoms with Crippen LogP contribution in [0.25, 0.3) is 10.6 Å². The molecule has 0 radical (unpaired) electrons. The van der Waals surface area contributed by atoms with E-state index in [2.05, 4.69) is 4.98 Å². The maximum Gasteiger partial charge on any atom is 0.253 e. The third-order valence-corrected chi connectivity index (χ3v) is 4.31. The summed E-state index contributed by atoms with van der Waals surface area (Å²) in [6.07, 6.45) is 0. The largest absolute Gasteiger partial charge is 0.338 e. The van der Waals surface area contributed by atoms with Crippen LogP contribution in [0.4, 0.5) is 0 Å². The lowest BCUT2D eigenvalue weighted by atomic mass is 10.1. The van der Waals surface area contributed by atoms with Gasteiger partial charge in [-0.05, 0) is 26.0 Å². The second kappa shape index (κ2) is 6.15. The molecule has 1 aromatic carbocycles. The molecule has 1 unspecified atom stereocenters. The van der Waals surface area contributed by atoms with E-state index >= 15 is 0 Å². The van der Waals surface area contributed by atoms with Gasteiger partial charge in [-0.2, -0.15) is 0 Å². The summed E-state index contributed by atoms with van der Waals surface area (Å²) in [5.74, 6) is -0.0157. The highest BCUT2D eigenvalue weighted by atomic mass is 32.1. The molecular weight excluding hydrogens is 270 g/mol. The number of carbonyl (C=O) groups excluding carboxylic acids is 1. The molecule has 0 aliphatic carbocycles. The van der Waals surface area contributed by atoms with Crippen LogP contribution >= 0.6 is 11.3 Å². The van der Waals surface area contributed by atoms with E-state index in [9.17, 15) is 4.79 Å². The molecule has 4 nitrogen and oxygen atoms in total. The summed E-state index contributed by atoms with van der Waals surface area (Å²) in [6, 6.07) is 7.60. The van der Waals surface area contributed by atoms with Crippen molar-refractivity contribution in [3.63, 3.8) is 0 Å². The molecule has 0 aliphatic heterocycles. The summed E-state index contributed by atoms with van der Waals surface area (Å²) in [5.41, 5.74) is 8.25. The van der Waals surface area contributed by atoms with Crippen LogP contribution in [-0.4, -0.2) is 35.4 Å². The number of hydrogen-bond donors (Lipinski definition) is 1. The van der Waals surface area contributed by atoms with Crippen LogP contribution in [0, 0.1) is 6.92 Å². The van der Waals surface area contributed by atoms with Crippen LogP contribution < -0.4 is 5.73 Å². The number of thiazole rings is 1. The molecule has 0 saturated heterocycles. The van der Waals surface area contributed by atoms with Gasteiger partial charge in [0.05, 0.1) is 0 Å². The number of hydrogen-bond acceptors (Lipinski definition) is 4. The zero-order valence-corrected chi connectivity index (χ0v) is 12.8. The molecule has 1 heterocycles. The van der Waals surface area contributed by atoms with E-state index in [-0.39, 0.29) is 11.9 Å². The minimum absolute atomic E-state index is 0.0157. The number of likely N-dealkylation sites (N-methyl/N-ethyl adjacent to an activating group) is 1. The molecule has 2 N–H and O–H groups in total. The molecule has 2 aromatic rings. The number of aryl methyl sites for hydroxylation is 1. The molecule has 0 bridgehead atoms. The van der Waals surface area contributed by atoms with E-state index in [1.54, 1.807) is 23.3 Å². The minimum atomic E-state index is -0.0157. The van der Waals surface area contributed by atoms with E-state index in [1.165, 1.54) is 0 Å². The fraction of sp³-hybridized carbons (Fsp3) is 0.333. The summed E-state index contributed by atoms with van der Waals surface area (Å²) in [5, 5.41) is 2.94. The van der Waals surface area contributed by atoms with Gasteiger partial charge in [0, 0.05) is 41.8 Å². The minimum Gasteiger partial charge on any atom is -0.338 e. The van der Waals surface area contributed by atoms with Gasteiger partial charge >= 0.3 is 0 Å². The summed E-state index contributed by atoms with van der Waals surface area (Å²) in [6.45, 7) is 4.35. The molecule has 1 aromatic heterocycles. The molecule has 106 valence electrons. The average molecular weight is 289 g/mol. The van der Waals surface area contributed by atoms with Gasteiger partial charge in [0.1, 0.15) is 5.01 Å². The van der Waals surface area contributed by atoms with Gasteiger partial charge in [-0.25, -0.2) is 4.98 Å². The lowest BCUT2D eigenvalue weighted by Gasteiger charge is -2.23. The molecule has 20 heavy (non-hydrogen) atoms. The number of nitrogens with zero attached hydrogens (tertiary/aromatic N) is 2. The van der Waals surface area contributed by atoms with Gasteiger partial charge in [0.2, 0.25) is 0 Å². The Hall–Kier alpha value is -1.72. The summed E-state index contributed by atoms with van der Waals surface area (Å²) >= 11 is 1.59. The zero-order chi connectivity index (χ0) is 14.7. The smallest absolute Gasteiger partial charge is 0.253 e. The number of benzene rings is 1. The molecule has 5 heteroatoms. The van der Waals surface area contributed by atoms with Gasteiger partial charge in [0.15, 0.2) is 0 Å².